The van der Waals surface area contributed by atoms with Crippen molar-refractivity contribution in [3.63, 3.8) is 0 Å². The molecule has 0 aliphatic carbocycles. The Morgan fingerprint density at radius 3 is 2.56 bits per heavy atom. The van der Waals surface area contributed by atoms with Gasteiger partial charge in [-0.05, 0) is 66.8 Å². The van der Waals surface area contributed by atoms with E-state index in [4.69, 9.17) is 4.74 Å². The number of benzene rings is 3. The number of hydrogen-bond donors (Lipinski definition) is 1. The molecule has 0 bridgehead atoms. The molecule has 204 valence electrons. The Morgan fingerprint density at radius 1 is 0.951 bits per heavy atom. The van der Waals surface area contributed by atoms with Crippen LogP contribution in [0.2, 0.25) is 0 Å². The number of nitrogens with one attached hydrogen (secondary N) is 1. The lowest BCUT2D eigenvalue weighted by molar-refractivity contribution is -0.121. The van der Waals surface area contributed by atoms with Crippen LogP contribution in [-0.2, 0) is 10.2 Å². The third kappa shape index (κ3) is 3.51. The number of nitrogens with zero attached hydrogens (tertiary/aromatic N) is 1. The van der Waals surface area contributed by atoms with E-state index in [1.165, 1.54) is 11.3 Å². The third-order valence-electron chi connectivity index (χ3n) is 8.80. The summed E-state index contributed by atoms with van der Waals surface area (Å²) < 4.78 is 5.44. The van der Waals surface area contributed by atoms with Crippen LogP contribution in [0, 0.1) is 12.8 Å². The number of hydrogen-bond acceptors (Lipinski definition) is 6. The van der Waals surface area contributed by atoms with Gasteiger partial charge in [0.05, 0.1) is 23.9 Å². The van der Waals surface area contributed by atoms with Gasteiger partial charge >= 0.3 is 0 Å². The van der Waals surface area contributed by atoms with Gasteiger partial charge in [0.15, 0.2) is 11.6 Å². The number of carbonyl (C=O) groups excluding carboxylic acids is 3. The van der Waals surface area contributed by atoms with E-state index < -0.39 is 23.4 Å². The minimum atomic E-state index is -1.34. The number of aryl methyl sites for hydroxylation is 1. The van der Waals surface area contributed by atoms with E-state index in [2.05, 4.69) is 17.5 Å². The largest absolute Gasteiger partial charge is 0.497 e. The molecule has 1 fully saturated rings. The number of methoxy groups -OCH3 is 1. The summed E-state index contributed by atoms with van der Waals surface area (Å²) >= 11 is 1.35. The van der Waals surface area contributed by atoms with Crippen molar-refractivity contribution in [2.45, 2.75) is 31.3 Å². The summed E-state index contributed by atoms with van der Waals surface area (Å²) in [4.78, 5) is 46.5. The number of thiophene rings is 1. The average Bonchev–Trinajstić information content (AvgIpc) is 3.70. The lowest BCUT2D eigenvalue weighted by atomic mass is 9.64. The number of para-hydroxylation sites is 1. The van der Waals surface area contributed by atoms with Gasteiger partial charge < -0.3 is 15.0 Å². The predicted molar refractivity (Wildman–Crippen MR) is 161 cm³/mol. The van der Waals surface area contributed by atoms with Crippen LogP contribution < -0.4 is 15.0 Å². The summed E-state index contributed by atoms with van der Waals surface area (Å²) in [6.07, 6.45) is 2.08. The number of rotatable bonds is 5. The van der Waals surface area contributed by atoms with Gasteiger partial charge in [-0.2, -0.15) is 0 Å². The molecule has 3 aromatic carbocycles. The molecule has 7 rings (SSSR count). The van der Waals surface area contributed by atoms with Gasteiger partial charge in [-0.25, -0.2) is 0 Å². The summed E-state index contributed by atoms with van der Waals surface area (Å²) in [7, 11) is 1.55. The zero-order chi connectivity index (χ0) is 28.5. The van der Waals surface area contributed by atoms with Gasteiger partial charge in [0, 0.05) is 22.5 Å². The van der Waals surface area contributed by atoms with E-state index in [9.17, 15) is 14.4 Å². The first-order valence-electron chi connectivity index (χ1n) is 13.6. The normalized spacial score (nSPS) is 23.9. The molecule has 0 unspecified atom stereocenters. The molecule has 1 amide bonds. The Bertz CT molecular complexity index is 1770. The highest BCUT2D eigenvalue weighted by molar-refractivity contribution is 7.12. The number of Topliss-reactive ketones (excluding diaryl/α,β-unsaturated/α-hetero) is 2. The SMILES string of the molecule is COc1cccc(C(=O)[C@@H]2[C@H](C(=O)c3cccs3)N3c4ccc(C)cc4C(C)=C[C@@H]3[C@]23C(=O)Nc2ccccc23)c1. The first kappa shape index (κ1) is 25.5. The van der Waals surface area contributed by atoms with Crippen molar-refractivity contribution in [3.05, 3.63) is 117 Å². The summed E-state index contributed by atoms with van der Waals surface area (Å²) in [5.74, 6) is -1.17. The molecule has 1 saturated heterocycles. The lowest BCUT2D eigenvalue weighted by Gasteiger charge is -2.39. The van der Waals surface area contributed by atoms with Crippen molar-refractivity contribution in [1.29, 1.82) is 0 Å². The number of ether oxygens (including phenoxy) is 1. The molecule has 0 radical (unpaired) electrons. The van der Waals surface area contributed by atoms with Crippen molar-refractivity contribution < 1.29 is 19.1 Å². The van der Waals surface area contributed by atoms with Crippen LogP contribution in [0.4, 0.5) is 11.4 Å². The van der Waals surface area contributed by atoms with Crippen LogP contribution in [0.3, 0.4) is 0 Å². The minimum absolute atomic E-state index is 0.167. The van der Waals surface area contributed by atoms with Crippen LogP contribution in [0.15, 0.2) is 90.3 Å². The highest BCUT2D eigenvalue weighted by Crippen LogP contribution is 2.59. The number of fused-ring (bicyclic) bond motifs is 6. The smallest absolute Gasteiger partial charge is 0.238 e. The van der Waals surface area contributed by atoms with E-state index in [1.807, 2.05) is 66.6 Å². The predicted octanol–water partition coefficient (Wildman–Crippen LogP) is 6.31. The van der Waals surface area contributed by atoms with Gasteiger partial charge in [-0.15, -0.1) is 11.3 Å². The number of anilines is 2. The van der Waals surface area contributed by atoms with Gasteiger partial charge in [0.25, 0.3) is 0 Å². The standard InChI is InChI=1S/C34H28N2O4S/c1-19-13-14-26-23(16-19)20(2)17-28-34(24-10-4-5-11-25(24)35-33(34)39)29(31(37)21-8-6-9-22(18-21)40-3)30(36(26)28)32(38)27-12-7-15-41-27/h4-18,28-30H,1-3H3,(H,35,39)/t28-,29+,30-,34+/m1/s1. The first-order chi connectivity index (χ1) is 19.9. The molecule has 1 aromatic heterocycles. The average molecular weight is 561 g/mol. The van der Waals surface area contributed by atoms with Crippen molar-refractivity contribution in [3.8, 4) is 5.75 Å². The number of amides is 1. The zero-order valence-electron chi connectivity index (χ0n) is 22.9. The van der Waals surface area contributed by atoms with Gasteiger partial charge in [-0.3, -0.25) is 14.4 Å². The second-order valence-electron chi connectivity index (χ2n) is 11.0. The fourth-order valence-corrected chi connectivity index (χ4v) is 7.76. The topological polar surface area (TPSA) is 75.7 Å². The second-order valence-corrected chi connectivity index (χ2v) is 11.9. The molecule has 4 atom stereocenters. The molecule has 41 heavy (non-hydrogen) atoms. The lowest BCUT2D eigenvalue weighted by Crippen LogP contribution is -2.51. The first-order valence-corrected chi connectivity index (χ1v) is 14.5. The fourth-order valence-electron chi connectivity index (χ4n) is 7.07. The van der Waals surface area contributed by atoms with Crippen LogP contribution in [0.25, 0.3) is 5.57 Å². The van der Waals surface area contributed by atoms with Crippen LogP contribution >= 0.6 is 11.3 Å². The van der Waals surface area contributed by atoms with Crippen LogP contribution in [-0.4, -0.2) is 36.7 Å². The Labute approximate surface area is 242 Å². The molecule has 1 N–H and O–H groups in total. The maximum Gasteiger partial charge on any atom is 0.238 e. The van der Waals surface area contributed by atoms with Crippen molar-refractivity contribution in [2.75, 3.05) is 17.3 Å². The number of allylic oxidation sites excluding steroid dienone is 1. The molecule has 3 aliphatic heterocycles. The van der Waals surface area contributed by atoms with Gasteiger partial charge in [0.2, 0.25) is 5.91 Å². The van der Waals surface area contributed by atoms with E-state index in [1.54, 1.807) is 37.4 Å². The highest BCUT2D eigenvalue weighted by Gasteiger charge is 2.70. The maximum atomic E-state index is 14.9. The molecule has 7 heteroatoms. The second kappa shape index (κ2) is 9.28. The molecule has 4 aromatic rings. The zero-order valence-corrected chi connectivity index (χ0v) is 23.7. The highest BCUT2D eigenvalue weighted by atomic mass is 32.1. The molecule has 3 aliphatic rings. The Morgan fingerprint density at radius 2 is 1.78 bits per heavy atom. The van der Waals surface area contributed by atoms with E-state index in [0.717, 1.165) is 28.0 Å². The Balaban J connectivity index is 1.56. The molecular weight excluding hydrogens is 532 g/mol. The van der Waals surface area contributed by atoms with Crippen molar-refractivity contribution in [1.82, 2.24) is 0 Å². The molecule has 0 saturated carbocycles. The third-order valence-corrected chi connectivity index (χ3v) is 9.69. The summed E-state index contributed by atoms with van der Waals surface area (Å²) in [5.41, 5.74) is 4.44. The molecule has 6 nitrogen and oxygen atoms in total. The quantitative estimate of drug-likeness (QED) is 0.290. The summed E-state index contributed by atoms with van der Waals surface area (Å²) in [6, 6.07) is 22.8. The van der Waals surface area contributed by atoms with E-state index in [-0.39, 0.29) is 17.5 Å². The van der Waals surface area contributed by atoms with Crippen molar-refractivity contribution >= 4 is 45.8 Å². The molecular formula is C34H28N2O4S. The van der Waals surface area contributed by atoms with Crippen LogP contribution in [0.1, 0.15) is 43.6 Å². The maximum absolute atomic E-state index is 14.9. The van der Waals surface area contributed by atoms with E-state index in [0.29, 0.717) is 21.9 Å². The fraction of sp³-hybridized carbons (Fsp3) is 0.206. The Kier molecular flexibility index (Phi) is 5.77. The monoisotopic (exact) mass is 560 g/mol. The van der Waals surface area contributed by atoms with Crippen molar-refractivity contribution in [2.24, 2.45) is 5.92 Å². The number of carbonyl (C=O) groups is 3. The van der Waals surface area contributed by atoms with Gasteiger partial charge in [0.1, 0.15) is 17.2 Å². The minimum Gasteiger partial charge on any atom is -0.497 e. The van der Waals surface area contributed by atoms with Gasteiger partial charge in [-0.1, -0.05) is 54.1 Å². The Hall–Kier alpha value is -4.49. The number of ketones is 2. The van der Waals surface area contributed by atoms with E-state index >= 15 is 0 Å². The molecule has 4 heterocycles. The molecule has 1 spiro atoms. The van der Waals surface area contributed by atoms with Crippen LogP contribution in [0.5, 0.6) is 5.75 Å². The summed E-state index contributed by atoms with van der Waals surface area (Å²) in [6.45, 7) is 4.07. The summed E-state index contributed by atoms with van der Waals surface area (Å²) in [5, 5.41) is 4.95.